The van der Waals surface area contributed by atoms with Gasteiger partial charge >= 0.3 is 5.97 Å². The predicted molar refractivity (Wildman–Crippen MR) is 146 cm³/mol. The van der Waals surface area contributed by atoms with Crippen LogP contribution in [0.3, 0.4) is 0 Å². The maximum Gasteiger partial charge on any atom is 0.321 e. The van der Waals surface area contributed by atoms with Gasteiger partial charge in [-0.25, -0.2) is 13.4 Å². The first kappa shape index (κ1) is 25.3. The summed E-state index contributed by atoms with van der Waals surface area (Å²) in [6.45, 7) is -0.435. The smallest absolute Gasteiger partial charge is 0.321 e. The Labute approximate surface area is 221 Å². The zero-order chi connectivity index (χ0) is 26.2. The molecule has 2 N–H and O–H groups in total. The molecule has 2 heterocycles. The molecule has 0 spiro atoms. The van der Waals surface area contributed by atoms with Crippen molar-refractivity contribution < 1.29 is 17.9 Å². The van der Waals surface area contributed by atoms with E-state index in [9.17, 15) is 13.2 Å². The quantitative estimate of drug-likeness (QED) is 0.283. The van der Waals surface area contributed by atoms with Gasteiger partial charge in [0, 0.05) is 31.0 Å². The lowest BCUT2D eigenvalue weighted by molar-refractivity contribution is -0.153. The van der Waals surface area contributed by atoms with Crippen LogP contribution < -0.4 is 5.73 Å². The van der Waals surface area contributed by atoms with Gasteiger partial charge in [-0.1, -0.05) is 61.1 Å². The molecule has 0 radical (unpaired) electrons. The lowest BCUT2D eigenvalue weighted by atomic mass is 9.67. The van der Waals surface area contributed by atoms with Crippen molar-refractivity contribution in [3.8, 4) is 0 Å². The molecule has 5 rings (SSSR count). The third-order valence-corrected chi connectivity index (χ3v) is 9.47. The predicted octanol–water partition coefficient (Wildman–Crippen LogP) is 3.82. The standard InChI is InChI=1S/C27H28N4O4S2/c1-30(37(33,34)22-10-6-8-19-7-2-3-9-21(19)22)18-25(32)35-23-11-4-5-14-27(23,26(28)36)20-12-13-24-29-15-16-31(24)17-20/h2-3,6-10,12-13,15-17,23H,4-5,11,14,18H2,1H3,(H2,28,36)/t23-,27+/m1/s1. The van der Waals surface area contributed by atoms with Gasteiger partial charge in [0.05, 0.1) is 15.3 Å². The van der Waals surface area contributed by atoms with Gasteiger partial charge in [-0.3, -0.25) is 4.79 Å². The van der Waals surface area contributed by atoms with Crippen LogP contribution in [0.15, 0.2) is 78.1 Å². The number of aromatic nitrogens is 2. The molecule has 0 aliphatic heterocycles. The number of pyridine rings is 1. The number of carbonyl (C=O) groups is 1. The highest BCUT2D eigenvalue weighted by Gasteiger charge is 2.47. The molecule has 1 saturated carbocycles. The Kier molecular flexibility index (Phi) is 6.74. The van der Waals surface area contributed by atoms with Crippen LogP contribution in [-0.4, -0.2) is 52.8 Å². The number of hydrogen-bond acceptors (Lipinski definition) is 6. The van der Waals surface area contributed by atoms with Crippen LogP contribution in [0.25, 0.3) is 16.4 Å². The first-order valence-corrected chi connectivity index (χ1v) is 13.9. The molecule has 0 amide bonds. The maximum atomic E-state index is 13.4. The van der Waals surface area contributed by atoms with E-state index in [0.717, 1.165) is 33.7 Å². The summed E-state index contributed by atoms with van der Waals surface area (Å²) in [7, 11) is -2.56. The third kappa shape index (κ3) is 4.49. The molecule has 1 fully saturated rings. The number of hydrogen-bond donors (Lipinski definition) is 1. The Bertz CT molecular complexity index is 1600. The fourth-order valence-electron chi connectivity index (χ4n) is 5.29. The second kappa shape index (κ2) is 9.85. The molecule has 192 valence electrons. The van der Waals surface area contributed by atoms with Crippen molar-refractivity contribution in [2.24, 2.45) is 5.73 Å². The number of carbonyl (C=O) groups excluding carboxylic acids is 1. The molecule has 2 aromatic carbocycles. The Balaban J connectivity index is 1.40. The summed E-state index contributed by atoms with van der Waals surface area (Å²) in [5.74, 6) is -0.650. The molecule has 0 saturated heterocycles. The molecular formula is C27H28N4O4S2. The largest absolute Gasteiger partial charge is 0.460 e. The van der Waals surface area contributed by atoms with E-state index in [1.807, 2.05) is 47.1 Å². The Morgan fingerprint density at radius 2 is 1.97 bits per heavy atom. The second-order valence-electron chi connectivity index (χ2n) is 9.41. The summed E-state index contributed by atoms with van der Waals surface area (Å²) in [6, 6.07) is 16.1. The fourth-order valence-corrected chi connectivity index (χ4v) is 6.97. The number of thiocarbonyl (C=S) groups is 1. The number of nitrogens with zero attached hydrogens (tertiary/aromatic N) is 3. The van der Waals surface area contributed by atoms with Crippen molar-refractivity contribution in [3.63, 3.8) is 0 Å². The average Bonchev–Trinajstić information content (AvgIpc) is 3.36. The molecule has 0 unspecified atom stereocenters. The Hall–Kier alpha value is -3.34. The van der Waals surface area contributed by atoms with E-state index in [2.05, 4.69) is 4.98 Å². The number of likely N-dealkylation sites (N-methyl/N-ethyl adjacent to an activating group) is 1. The van der Waals surface area contributed by atoms with E-state index < -0.39 is 34.1 Å². The molecule has 37 heavy (non-hydrogen) atoms. The number of imidazole rings is 1. The maximum absolute atomic E-state index is 13.4. The highest BCUT2D eigenvalue weighted by molar-refractivity contribution is 7.89. The van der Waals surface area contributed by atoms with Crippen molar-refractivity contribution in [2.45, 2.75) is 42.1 Å². The van der Waals surface area contributed by atoms with Crippen LogP contribution in [0, 0.1) is 0 Å². The van der Waals surface area contributed by atoms with Gasteiger partial charge in [0.2, 0.25) is 10.0 Å². The molecular weight excluding hydrogens is 508 g/mol. The van der Waals surface area contributed by atoms with Gasteiger partial charge in [0.15, 0.2) is 0 Å². The van der Waals surface area contributed by atoms with Crippen LogP contribution in [-0.2, 0) is 25.0 Å². The van der Waals surface area contributed by atoms with E-state index in [1.54, 1.807) is 30.5 Å². The summed E-state index contributed by atoms with van der Waals surface area (Å²) in [5, 5.41) is 1.40. The summed E-state index contributed by atoms with van der Waals surface area (Å²) in [6.07, 6.45) is 7.78. The van der Waals surface area contributed by atoms with Crippen molar-refractivity contribution in [1.82, 2.24) is 13.7 Å². The van der Waals surface area contributed by atoms with Gasteiger partial charge in [0.25, 0.3) is 0 Å². The molecule has 10 heteroatoms. The van der Waals surface area contributed by atoms with Gasteiger partial charge in [-0.15, -0.1) is 0 Å². The number of esters is 1. The van der Waals surface area contributed by atoms with E-state index in [-0.39, 0.29) is 9.88 Å². The summed E-state index contributed by atoms with van der Waals surface area (Å²) in [4.78, 5) is 17.8. The van der Waals surface area contributed by atoms with Crippen molar-refractivity contribution in [1.29, 1.82) is 0 Å². The van der Waals surface area contributed by atoms with Crippen molar-refractivity contribution in [2.75, 3.05) is 13.6 Å². The van der Waals surface area contributed by atoms with Gasteiger partial charge < -0.3 is 14.9 Å². The highest BCUT2D eigenvalue weighted by Crippen LogP contribution is 2.42. The number of fused-ring (bicyclic) bond motifs is 2. The van der Waals surface area contributed by atoms with Crippen LogP contribution in [0.1, 0.15) is 31.2 Å². The lowest BCUT2D eigenvalue weighted by Gasteiger charge is -2.43. The van der Waals surface area contributed by atoms with Crippen LogP contribution in [0.5, 0.6) is 0 Å². The van der Waals surface area contributed by atoms with Gasteiger partial charge in [-0.2, -0.15) is 4.31 Å². The first-order chi connectivity index (χ1) is 17.7. The number of benzene rings is 2. The van der Waals surface area contributed by atoms with E-state index in [1.165, 1.54) is 7.05 Å². The SMILES string of the molecule is CN(CC(=O)O[C@@H]1CCCC[C@]1(C(N)=S)c1ccc2nccn2c1)S(=O)(=O)c1cccc2ccccc12. The van der Waals surface area contributed by atoms with Crippen molar-refractivity contribution in [3.05, 3.63) is 78.8 Å². The molecule has 2 aromatic heterocycles. The number of nitrogens with two attached hydrogens (primary N) is 1. The molecule has 1 aliphatic rings. The number of rotatable bonds is 7. The van der Waals surface area contributed by atoms with E-state index >= 15 is 0 Å². The Morgan fingerprint density at radius 1 is 1.19 bits per heavy atom. The molecule has 2 atom stereocenters. The van der Waals surface area contributed by atoms with E-state index in [4.69, 9.17) is 22.7 Å². The van der Waals surface area contributed by atoms with Gasteiger partial charge in [0.1, 0.15) is 18.3 Å². The topological polar surface area (TPSA) is 107 Å². The van der Waals surface area contributed by atoms with Crippen LogP contribution in [0.4, 0.5) is 0 Å². The van der Waals surface area contributed by atoms with Gasteiger partial charge in [-0.05, 0) is 42.3 Å². The zero-order valence-corrected chi connectivity index (χ0v) is 22.0. The first-order valence-electron chi connectivity index (χ1n) is 12.1. The second-order valence-corrected chi connectivity index (χ2v) is 11.9. The summed E-state index contributed by atoms with van der Waals surface area (Å²) >= 11 is 5.55. The average molecular weight is 537 g/mol. The number of sulfonamides is 1. The monoisotopic (exact) mass is 536 g/mol. The normalized spacial score (nSPS) is 20.3. The van der Waals surface area contributed by atoms with Crippen molar-refractivity contribution >= 4 is 49.6 Å². The third-order valence-electron chi connectivity index (χ3n) is 7.24. The van der Waals surface area contributed by atoms with E-state index in [0.29, 0.717) is 18.2 Å². The fraction of sp³-hybridized carbons (Fsp3) is 0.296. The molecule has 0 bridgehead atoms. The molecule has 4 aromatic rings. The Morgan fingerprint density at radius 3 is 2.78 bits per heavy atom. The minimum Gasteiger partial charge on any atom is -0.460 e. The summed E-state index contributed by atoms with van der Waals surface area (Å²) in [5.41, 5.74) is 7.11. The number of ether oxygens (including phenoxy) is 1. The van der Waals surface area contributed by atoms with Crippen LogP contribution in [0.2, 0.25) is 0 Å². The highest BCUT2D eigenvalue weighted by atomic mass is 32.2. The minimum atomic E-state index is -3.94. The lowest BCUT2D eigenvalue weighted by Crippen LogP contribution is -2.53. The molecule has 1 aliphatic carbocycles. The zero-order valence-electron chi connectivity index (χ0n) is 20.4. The molecule has 8 nitrogen and oxygen atoms in total. The van der Waals surface area contributed by atoms with Crippen LogP contribution >= 0.6 is 12.2 Å². The minimum absolute atomic E-state index is 0.143. The summed E-state index contributed by atoms with van der Waals surface area (Å²) < 4.78 is 35.7.